The van der Waals surface area contributed by atoms with E-state index in [4.69, 9.17) is 0 Å². The lowest BCUT2D eigenvalue weighted by Gasteiger charge is -2.11. The molecule has 0 aliphatic heterocycles. The van der Waals surface area contributed by atoms with Crippen LogP contribution in [0.25, 0.3) is 11.0 Å². The molecule has 1 aromatic heterocycles. The summed E-state index contributed by atoms with van der Waals surface area (Å²) in [6.45, 7) is 1.92. The first-order valence-corrected chi connectivity index (χ1v) is 8.42. The molecule has 0 unspecified atom stereocenters. The van der Waals surface area contributed by atoms with Crippen molar-refractivity contribution < 1.29 is 18.0 Å². The van der Waals surface area contributed by atoms with Gasteiger partial charge in [-0.05, 0) is 42.8 Å². The van der Waals surface area contributed by atoms with Crippen LogP contribution in [0.15, 0.2) is 52.1 Å². The standard InChI is InChI=1S/C19H16F3N3O3/c1-2-25-15-7-6-12(9-14(15)24-17(27)18(25)28)16(26)23-10-11-4-3-5-13(8-11)19(20,21)22/h3-9H,2,10H2,1H3,(H,23,26)(H,24,27). The Hall–Kier alpha value is -3.36. The fraction of sp³-hybridized carbons (Fsp3) is 0.211. The zero-order valence-electron chi connectivity index (χ0n) is 14.8. The molecule has 3 aromatic rings. The van der Waals surface area contributed by atoms with Crippen LogP contribution in [0.2, 0.25) is 0 Å². The molecule has 2 aromatic carbocycles. The Morgan fingerprint density at radius 1 is 1.14 bits per heavy atom. The number of fused-ring (bicyclic) bond motifs is 1. The predicted molar refractivity (Wildman–Crippen MR) is 97.1 cm³/mol. The van der Waals surface area contributed by atoms with E-state index in [0.29, 0.717) is 23.1 Å². The van der Waals surface area contributed by atoms with Gasteiger partial charge < -0.3 is 14.9 Å². The van der Waals surface area contributed by atoms with Gasteiger partial charge in [0.2, 0.25) is 0 Å². The molecule has 3 rings (SSSR count). The molecule has 0 saturated heterocycles. The minimum absolute atomic E-state index is 0.0915. The van der Waals surface area contributed by atoms with Crippen molar-refractivity contribution in [3.8, 4) is 0 Å². The van der Waals surface area contributed by atoms with Gasteiger partial charge in [0.1, 0.15) is 0 Å². The van der Waals surface area contributed by atoms with E-state index < -0.39 is 28.8 Å². The second-order valence-electron chi connectivity index (χ2n) is 6.12. The highest BCUT2D eigenvalue weighted by molar-refractivity contribution is 5.97. The lowest BCUT2D eigenvalue weighted by molar-refractivity contribution is -0.137. The number of hydrogen-bond acceptors (Lipinski definition) is 3. The number of H-pyrrole nitrogens is 1. The molecule has 0 spiro atoms. The van der Waals surface area contributed by atoms with Crippen LogP contribution in [0.5, 0.6) is 0 Å². The predicted octanol–water partition coefficient (Wildman–Crippen LogP) is 2.66. The first-order valence-electron chi connectivity index (χ1n) is 8.42. The molecule has 0 bridgehead atoms. The zero-order valence-corrected chi connectivity index (χ0v) is 14.8. The summed E-state index contributed by atoms with van der Waals surface area (Å²) in [5.41, 5.74) is -0.971. The molecule has 0 saturated carbocycles. The number of benzene rings is 2. The number of rotatable bonds is 4. The number of halogens is 3. The Bertz CT molecular complexity index is 1160. The maximum absolute atomic E-state index is 12.8. The van der Waals surface area contributed by atoms with Crippen LogP contribution in [0, 0.1) is 0 Å². The van der Waals surface area contributed by atoms with Crippen LogP contribution in [-0.2, 0) is 19.3 Å². The molecule has 0 aliphatic rings. The molecule has 28 heavy (non-hydrogen) atoms. The van der Waals surface area contributed by atoms with E-state index in [1.807, 2.05) is 0 Å². The van der Waals surface area contributed by atoms with Crippen molar-refractivity contribution in [2.24, 2.45) is 0 Å². The van der Waals surface area contributed by atoms with E-state index >= 15 is 0 Å². The Labute approximate surface area is 156 Å². The van der Waals surface area contributed by atoms with Crippen LogP contribution in [0.1, 0.15) is 28.4 Å². The van der Waals surface area contributed by atoms with Gasteiger partial charge in [0.05, 0.1) is 16.6 Å². The van der Waals surface area contributed by atoms with Gasteiger partial charge in [0.25, 0.3) is 5.91 Å². The summed E-state index contributed by atoms with van der Waals surface area (Å²) in [4.78, 5) is 38.4. The van der Waals surface area contributed by atoms with Gasteiger partial charge in [-0.3, -0.25) is 14.4 Å². The summed E-state index contributed by atoms with van der Waals surface area (Å²) in [5, 5.41) is 2.55. The van der Waals surface area contributed by atoms with Gasteiger partial charge in [-0.25, -0.2) is 0 Å². The topological polar surface area (TPSA) is 84.0 Å². The highest BCUT2D eigenvalue weighted by Crippen LogP contribution is 2.29. The van der Waals surface area contributed by atoms with E-state index in [1.54, 1.807) is 6.92 Å². The van der Waals surface area contributed by atoms with Crippen LogP contribution >= 0.6 is 0 Å². The van der Waals surface area contributed by atoms with Gasteiger partial charge in [0.15, 0.2) is 0 Å². The molecule has 0 fully saturated rings. The number of alkyl halides is 3. The second kappa shape index (κ2) is 7.34. The lowest BCUT2D eigenvalue weighted by Crippen LogP contribution is -2.36. The smallest absolute Gasteiger partial charge is 0.348 e. The maximum atomic E-state index is 12.8. The SMILES string of the molecule is CCn1c(=O)c(=O)[nH]c2cc(C(=O)NCc3cccc(C(F)(F)F)c3)ccc21. The van der Waals surface area contributed by atoms with Crippen molar-refractivity contribution >= 4 is 16.9 Å². The summed E-state index contributed by atoms with van der Waals surface area (Å²) in [7, 11) is 0. The summed E-state index contributed by atoms with van der Waals surface area (Å²) in [6.07, 6.45) is -4.46. The van der Waals surface area contributed by atoms with Gasteiger partial charge in [0, 0.05) is 18.7 Å². The van der Waals surface area contributed by atoms with Gasteiger partial charge in [-0.1, -0.05) is 12.1 Å². The van der Waals surface area contributed by atoms with E-state index in [2.05, 4.69) is 10.3 Å². The number of hydrogen-bond donors (Lipinski definition) is 2. The molecule has 146 valence electrons. The molecular formula is C19H16F3N3O3. The van der Waals surface area contributed by atoms with Crippen molar-refractivity contribution in [3.05, 3.63) is 79.9 Å². The van der Waals surface area contributed by atoms with Crippen molar-refractivity contribution in [2.45, 2.75) is 26.2 Å². The third-order valence-electron chi connectivity index (χ3n) is 4.26. The quantitative estimate of drug-likeness (QED) is 0.671. The Kier molecular flexibility index (Phi) is 5.08. The summed E-state index contributed by atoms with van der Waals surface area (Å²) in [5.74, 6) is -0.519. The number of carbonyl (C=O) groups is 1. The minimum Gasteiger partial charge on any atom is -0.348 e. The average Bonchev–Trinajstić information content (AvgIpc) is 2.66. The highest BCUT2D eigenvalue weighted by atomic mass is 19.4. The number of nitrogens with zero attached hydrogens (tertiary/aromatic N) is 1. The van der Waals surface area contributed by atoms with Gasteiger partial charge in [-0.15, -0.1) is 0 Å². The molecule has 6 nitrogen and oxygen atoms in total. The van der Waals surface area contributed by atoms with Gasteiger partial charge >= 0.3 is 17.3 Å². The molecule has 2 N–H and O–H groups in total. The monoisotopic (exact) mass is 391 g/mol. The third kappa shape index (κ3) is 3.83. The Balaban J connectivity index is 1.84. The number of nitrogens with one attached hydrogen (secondary N) is 2. The maximum Gasteiger partial charge on any atom is 0.416 e. The van der Waals surface area contributed by atoms with E-state index in [-0.39, 0.29) is 12.1 Å². The second-order valence-corrected chi connectivity index (χ2v) is 6.12. The third-order valence-corrected chi connectivity index (χ3v) is 4.26. The summed E-state index contributed by atoms with van der Waals surface area (Å²) >= 11 is 0. The lowest BCUT2D eigenvalue weighted by atomic mass is 10.1. The van der Waals surface area contributed by atoms with Crippen molar-refractivity contribution in [3.63, 3.8) is 0 Å². The van der Waals surface area contributed by atoms with Crippen molar-refractivity contribution in [1.29, 1.82) is 0 Å². The molecule has 1 heterocycles. The number of amides is 1. The fourth-order valence-corrected chi connectivity index (χ4v) is 2.88. The highest BCUT2D eigenvalue weighted by Gasteiger charge is 2.30. The Morgan fingerprint density at radius 3 is 2.57 bits per heavy atom. The average molecular weight is 391 g/mol. The van der Waals surface area contributed by atoms with Gasteiger partial charge in [-0.2, -0.15) is 13.2 Å². The molecule has 1 amide bonds. The fourth-order valence-electron chi connectivity index (χ4n) is 2.88. The van der Waals surface area contributed by atoms with Crippen LogP contribution < -0.4 is 16.4 Å². The van der Waals surface area contributed by atoms with E-state index in [9.17, 15) is 27.6 Å². The largest absolute Gasteiger partial charge is 0.416 e. The summed E-state index contributed by atoms with van der Waals surface area (Å²) < 4.78 is 39.6. The summed E-state index contributed by atoms with van der Waals surface area (Å²) in [6, 6.07) is 9.12. The first-order chi connectivity index (χ1) is 13.2. The molecule has 9 heteroatoms. The minimum atomic E-state index is -4.46. The van der Waals surface area contributed by atoms with Crippen molar-refractivity contribution in [2.75, 3.05) is 0 Å². The molecule has 0 radical (unpaired) electrons. The number of aromatic amines is 1. The number of aryl methyl sites for hydroxylation is 1. The van der Waals surface area contributed by atoms with E-state index in [1.165, 1.54) is 34.9 Å². The van der Waals surface area contributed by atoms with Crippen LogP contribution in [0.4, 0.5) is 13.2 Å². The zero-order chi connectivity index (χ0) is 20.5. The molecular weight excluding hydrogens is 375 g/mol. The number of aromatic nitrogens is 2. The van der Waals surface area contributed by atoms with Crippen molar-refractivity contribution in [1.82, 2.24) is 14.9 Å². The first kappa shape index (κ1) is 19.4. The van der Waals surface area contributed by atoms with Crippen LogP contribution in [0.3, 0.4) is 0 Å². The molecule has 0 atom stereocenters. The number of carbonyl (C=O) groups excluding carboxylic acids is 1. The normalized spacial score (nSPS) is 11.6. The molecule has 0 aliphatic carbocycles. The van der Waals surface area contributed by atoms with E-state index in [0.717, 1.165) is 12.1 Å². The van der Waals surface area contributed by atoms with Crippen LogP contribution in [-0.4, -0.2) is 15.5 Å². The Morgan fingerprint density at radius 2 is 1.89 bits per heavy atom.